The van der Waals surface area contributed by atoms with Crippen LogP contribution in [0.2, 0.25) is 10.0 Å². The third kappa shape index (κ3) is 3.38. The monoisotopic (exact) mass is 372 g/mol. The Labute approximate surface area is 148 Å². The van der Waals surface area contributed by atoms with Crippen molar-refractivity contribution in [2.45, 2.75) is 31.7 Å². The van der Waals surface area contributed by atoms with Crippen molar-refractivity contribution >= 4 is 67.9 Å². The van der Waals surface area contributed by atoms with Gasteiger partial charge in [-0.15, -0.1) is 11.3 Å². The van der Waals surface area contributed by atoms with Crippen LogP contribution in [0.1, 0.15) is 35.4 Å². The largest absolute Gasteiger partial charge is 0.360 e. The van der Waals surface area contributed by atoms with Crippen LogP contribution in [-0.2, 0) is 0 Å². The molecule has 0 saturated heterocycles. The van der Waals surface area contributed by atoms with Crippen molar-refractivity contribution in [3.8, 4) is 0 Å². The van der Waals surface area contributed by atoms with Crippen LogP contribution in [0.5, 0.6) is 0 Å². The number of nitrogens with one attached hydrogen (secondary N) is 2. The summed E-state index contributed by atoms with van der Waals surface area (Å²) < 4.78 is 0.886. The molecule has 1 fully saturated rings. The number of rotatable bonds is 2. The van der Waals surface area contributed by atoms with Gasteiger partial charge < -0.3 is 5.32 Å². The van der Waals surface area contributed by atoms with Gasteiger partial charge in [0.15, 0.2) is 5.11 Å². The molecule has 22 heavy (non-hydrogen) atoms. The lowest BCUT2D eigenvalue weighted by atomic mass is 10.2. The molecule has 1 saturated carbocycles. The number of carbonyl (C=O) groups excluding carboxylic acids is 1. The second-order valence-corrected chi connectivity index (χ2v) is 7.57. The van der Waals surface area contributed by atoms with Gasteiger partial charge in [-0.1, -0.05) is 42.1 Å². The number of carbonyl (C=O) groups is 1. The standard InChI is InChI=1S/C15H14Cl2N2OS2/c16-8-5-6-10-11(7-8)22-13(12(10)17)14(20)19-15(21)18-9-3-1-2-4-9/h5-7,9H,1-4H2,(H2,18,19,20,21). The molecule has 1 aromatic carbocycles. The van der Waals surface area contributed by atoms with E-state index in [2.05, 4.69) is 10.6 Å². The van der Waals surface area contributed by atoms with Crippen LogP contribution >= 0.6 is 46.8 Å². The van der Waals surface area contributed by atoms with Gasteiger partial charge in [-0.2, -0.15) is 0 Å². The zero-order valence-corrected chi connectivity index (χ0v) is 14.8. The van der Waals surface area contributed by atoms with E-state index in [1.807, 2.05) is 6.07 Å². The van der Waals surface area contributed by atoms with E-state index >= 15 is 0 Å². The van der Waals surface area contributed by atoms with Crippen molar-refractivity contribution in [2.24, 2.45) is 0 Å². The highest BCUT2D eigenvalue weighted by atomic mass is 35.5. The summed E-state index contributed by atoms with van der Waals surface area (Å²) in [5.74, 6) is -0.280. The lowest BCUT2D eigenvalue weighted by molar-refractivity contribution is 0.0980. The molecule has 0 aliphatic heterocycles. The summed E-state index contributed by atoms with van der Waals surface area (Å²) in [5.41, 5.74) is 0. The molecule has 1 aliphatic carbocycles. The fourth-order valence-corrected chi connectivity index (χ4v) is 4.58. The summed E-state index contributed by atoms with van der Waals surface area (Å²) in [6, 6.07) is 5.75. The first-order valence-electron chi connectivity index (χ1n) is 7.04. The molecule has 7 heteroatoms. The van der Waals surface area contributed by atoms with Gasteiger partial charge in [-0.3, -0.25) is 10.1 Å². The van der Waals surface area contributed by atoms with E-state index in [4.69, 9.17) is 35.4 Å². The highest BCUT2D eigenvalue weighted by molar-refractivity contribution is 7.80. The van der Waals surface area contributed by atoms with Crippen molar-refractivity contribution in [2.75, 3.05) is 0 Å². The molecule has 0 radical (unpaired) electrons. The third-order valence-electron chi connectivity index (χ3n) is 3.72. The van der Waals surface area contributed by atoms with E-state index in [9.17, 15) is 4.79 Å². The lowest BCUT2D eigenvalue weighted by Gasteiger charge is -2.14. The Hall–Kier alpha value is -0.880. The minimum Gasteiger partial charge on any atom is -0.360 e. The van der Waals surface area contributed by atoms with E-state index < -0.39 is 0 Å². The number of fused-ring (bicyclic) bond motifs is 1. The fraction of sp³-hybridized carbons (Fsp3) is 0.333. The molecule has 116 valence electrons. The molecule has 2 aromatic rings. The Morgan fingerprint density at radius 2 is 2.00 bits per heavy atom. The number of amides is 1. The SMILES string of the molecule is O=C(NC(=S)NC1CCCC1)c1sc2cc(Cl)ccc2c1Cl. The van der Waals surface area contributed by atoms with Crippen molar-refractivity contribution in [1.82, 2.24) is 10.6 Å². The lowest BCUT2D eigenvalue weighted by Crippen LogP contribution is -2.43. The van der Waals surface area contributed by atoms with Gasteiger partial charge in [0.2, 0.25) is 0 Å². The van der Waals surface area contributed by atoms with E-state index in [-0.39, 0.29) is 5.91 Å². The highest BCUT2D eigenvalue weighted by Gasteiger charge is 2.20. The Balaban J connectivity index is 1.74. The maximum atomic E-state index is 12.4. The van der Waals surface area contributed by atoms with Crippen LogP contribution in [0, 0.1) is 0 Å². The number of hydrogen-bond acceptors (Lipinski definition) is 3. The molecule has 2 N–H and O–H groups in total. The summed E-state index contributed by atoms with van der Waals surface area (Å²) in [6.07, 6.45) is 4.60. The Kier molecular flexibility index (Phi) is 4.88. The van der Waals surface area contributed by atoms with Gasteiger partial charge in [0.05, 0.1) is 5.02 Å². The first-order valence-corrected chi connectivity index (χ1v) is 9.02. The molecule has 1 heterocycles. The molecule has 3 rings (SSSR count). The predicted octanol–water partition coefficient (Wildman–Crippen LogP) is 4.76. The molecule has 1 aromatic heterocycles. The van der Waals surface area contributed by atoms with Crippen LogP contribution in [0.25, 0.3) is 10.1 Å². The minimum atomic E-state index is -0.280. The maximum absolute atomic E-state index is 12.4. The number of hydrogen-bond donors (Lipinski definition) is 2. The predicted molar refractivity (Wildman–Crippen MR) is 97.3 cm³/mol. The van der Waals surface area contributed by atoms with Crippen molar-refractivity contribution < 1.29 is 4.79 Å². The zero-order chi connectivity index (χ0) is 15.7. The van der Waals surface area contributed by atoms with Gasteiger partial charge in [-0.05, 0) is 37.2 Å². The number of halogens is 2. The molecule has 0 spiro atoms. The van der Waals surface area contributed by atoms with Crippen molar-refractivity contribution in [1.29, 1.82) is 0 Å². The fourth-order valence-electron chi connectivity index (χ4n) is 2.64. The molecule has 0 atom stereocenters. The van der Waals surface area contributed by atoms with E-state index in [0.717, 1.165) is 22.9 Å². The third-order valence-corrected chi connectivity index (χ3v) is 5.83. The van der Waals surface area contributed by atoms with Gasteiger partial charge in [0.25, 0.3) is 5.91 Å². The molecule has 1 amide bonds. The second kappa shape index (κ2) is 6.71. The normalized spacial score (nSPS) is 15.2. The summed E-state index contributed by atoms with van der Waals surface area (Å²) in [5, 5.41) is 8.15. The van der Waals surface area contributed by atoms with Crippen LogP contribution < -0.4 is 10.6 Å². The van der Waals surface area contributed by atoms with E-state index in [1.165, 1.54) is 24.2 Å². The van der Waals surface area contributed by atoms with Crippen LogP contribution in [0.3, 0.4) is 0 Å². The van der Waals surface area contributed by atoms with Gasteiger partial charge in [-0.25, -0.2) is 0 Å². The summed E-state index contributed by atoms with van der Waals surface area (Å²) in [7, 11) is 0. The van der Waals surface area contributed by atoms with Crippen molar-refractivity contribution in [3.63, 3.8) is 0 Å². The summed E-state index contributed by atoms with van der Waals surface area (Å²) >= 11 is 18.8. The maximum Gasteiger partial charge on any atom is 0.269 e. The van der Waals surface area contributed by atoms with Gasteiger partial charge in [0, 0.05) is 21.2 Å². The average molecular weight is 373 g/mol. The molecular weight excluding hydrogens is 359 g/mol. The molecular formula is C15H14Cl2N2OS2. The summed E-state index contributed by atoms with van der Waals surface area (Å²) in [6.45, 7) is 0. The topological polar surface area (TPSA) is 41.1 Å². The first kappa shape index (κ1) is 16.0. The highest BCUT2D eigenvalue weighted by Crippen LogP contribution is 2.36. The number of thiophene rings is 1. The molecule has 1 aliphatic rings. The van der Waals surface area contributed by atoms with E-state index in [0.29, 0.717) is 26.1 Å². The molecule has 3 nitrogen and oxygen atoms in total. The first-order chi connectivity index (χ1) is 10.5. The molecule has 0 unspecified atom stereocenters. The Morgan fingerprint density at radius 1 is 1.27 bits per heavy atom. The minimum absolute atomic E-state index is 0.280. The van der Waals surface area contributed by atoms with Gasteiger partial charge in [0.1, 0.15) is 4.88 Å². The van der Waals surface area contributed by atoms with Gasteiger partial charge >= 0.3 is 0 Å². The quantitative estimate of drug-likeness (QED) is 0.746. The van der Waals surface area contributed by atoms with Crippen molar-refractivity contribution in [3.05, 3.63) is 33.1 Å². The Bertz CT molecular complexity index is 738. The van der Waals surface area contributed by atoms with Crippen LogP contribution in [0.15, 0.2) is 18.2 Å². The second-order valence-electron chi connectivity index (χ2n) is 5.29. The zero-order valence-electron chi connectivity index (χ0n) is 11.6. The van der Waals surface area contributed by atoms with Crippen LogP contribution in [-0.4, -0.2) is 17.1 Å². The Morgan fingerprint density at radius 3 is 2.73 bits per heavy atom. The number of benzene rings is 1. The van der Waals surface area contributed by atoms with Crippen LogP contribution in [0.4, 0.5) is 0 Å². The molecule has 0 bridgehead atoms. The smallest absolute Gasteiger partial charge is 0.269 e. The average Bonchev–Trinajstić information content (AvgIpc) is 3.07. The summed E-state index contributed by atoms with van der Waals surface area (Å²) in [4.78, 5) is 12.8. The van der Waals surface area contributed by atoms with E-state index in [1.54, 1.807) is 12.1 Å². The number of thiocarbonyl (C=S) groups is 1.